The van der Waals surface area contributed by atoms with Gasteiger partial charge in [-0.15, -0.1) is 0 Å². The molecule has 2 aromatic rings. The molecule has 0 bridgehead atoms. The molecule has 1 atom stereocenters. The monoisotopic (exact) mass is 479 g/mol. The van der Waals surface area contributed by atoms with Gasteiger partial charge in [-0.2, -0.15) is 0 Å². The SMILES string of the molecule is Cc1cccn(Cc2ccc(Br)cc2)c1=O.NC(N)=NCCCC(NC=O)C(=O)O. The van der Waals surface area contributed by atoms with Gasteiger partial charge in [0.2, 0.25) is 6.41 Å². The fourth-order valence-corrected chi connectivity index (χ4v) is 2.70. The van der Waals surface area contributed by atoms with E-state index in [1.54, 1.807) is 4.57 Å². The van der Waals surface area contributed by atoms with Gasteiger partial charge in [0.1, 0.15) is 6.04 Å². The first-order valence-corrected chi connectivity index (χ1v) is 9.92. The van der Waals surface area contributed by atoms with E-state index in [1.807, 2.05) is 49.5 Å². The van der Waals surface area contributed by atoms with Crippen molar-refractivity contribution in [3.8, 4) is 0 Å². The Morgan fingerprint density at radius 2 is 1.97 bits per heavy atom. The van der Waals surface area contributed by atoms with Crippen molar-refractivity contribution in [2.75, 3.05) is 6.54 Å². The van der Waals surface area contributed by atoms with E-state index >= 15 is 0 Å². The molecule has 0 saturated carbocycles. The molecule has 0 radical (unpaired) electrons. The van der Waals surface area contributed by atoms with E-state index in [4.69, 9.17) is 16.6 Å². The van der Waals surface area contributed by atoms with Crippen molar-refractivity contribution in [3.63, 3.8) is 0 Å². The van der Waals surface area contributed by atoms with Crippen LogP contribution in [0, 0.1) is 6.92 Å². The number of halogens is 1. The van der Waals surface area contributed by atoms with Crippen LogP contribution in [0.25, 0.3) is 0 Å². The molecule has 1 amide bonds. The zero-order chi connectivity index (χ0) is 22.5. The molecule has 1 aromatic heterocycles. The number of aliphatic imine (C=N–C) groups is 1. The maximum absolute atomic E-state index is 11.8. The van der Waals surface area contributed by atoms with Gasteiger partial charge >= 0.3 is 5.97 Å². The van der Waals surface area contributed by atoms with E-state index < -0.39 is 12.0 Å². The molecule has 0 aliphatic carbocycles. The van der Waals surface area contributed by atoms with Crippen LogP contribution >= 0.6 is 15.9 Å². The molecule has 6 N–H and O–H groups in total. The first kappa shape index (κ1) is 24.9. The molecule has 1 heterocycles. The molecule has 1 unspecified atom stereocenters. The van der Waals surface area contributed by atoms with Gasteiger partial charge in [-0.1, -0.05) is 34.1 Å². The minimum Gasteiger partial charge on any atom is -0.480 e. The van der Waals surface area contributed by atoms with Crippen molar-refractivity contribution in [2.45, 2.75) is 32.4 Å². The third-order valence-corrected chi connectivity index (χ3v) is 4.52. The number of carboxylic acid groups (broad SMARTS) is 1. The molecular weight excluding hydrogens is 454 g/mol. The van der Waals surface area contributed by atoms with Crippen molar-refractivity contribution in [2.24, 2.45) is 16.5 Å². The quantitative estimate of drug-likeness (QED) is 0.183. The van der Waals surface area contributed by atoms with Crippen LogP contribution in [0.2, 0.25) is 0 Å². The summed E-state index contributed by atoms with van der Waals surface area (Å²) in [5.74, 6) is -1.10. The number of aryl methyl sites for hydroxylation is 1. The topological polar surface area (TPSA) is 153 Å². The Bertz CT molecular complexity index is 908. The van der Waals surface area contributed by atoms with Gasteiger partial charge in [0.15, 0.2) is 5.96 Å². The minimum atomic E-state index is -1.07. The lowest BCUT2D eigenvalue weighted by molar-refractivity contribution is -0.140. The predicted octanol–water partition coefficient (Wildman–Crippen LogP) is 1.21. The minimum absolute atomic E-state index is 0.0276. The van der Waals surface area contributed by atoms with Crippen LogP contribution < -0.4 is 22.3 Å². The number of aliphatic carboxylic acids is 1. The van der Waals surface area contributed by atoms with Gasteiger partial charge in [0.05, 0.1) is 6.54 Å². The summed E-state index contributed by atoms with van der Waals surface area (Å²) < 4.78 is 2.77. The van der Waals surface area contributed by atoms with Gasteiger partial charge in [0.25, 0.3) is 5.56 Å². The number of carboxylic acids is 1. The zero-order valence-corrected chi connectivity index (χ0v) is 18.2. The Balaban J connectivity index is 0.000000304. The molecular formula is C20H26BrN5O4. The summed E-state index contributed by atoms with van der Waals surface area (Å²) in [4.78, 5) is 36.0. The summed E-state index contributed by atoms with van der Waals surface area (Å²) in [5, 5.41) is 10.8. The van der Waals surface area contributed by atoms with Gasteiger partial charge in [-0.25, -0.2) is 4.79 Å². The van der Waals surface area contributed by atoms with E-state index in [1.165, 1.54) is 0 Å². The number of nitrogens with two attached hydrogens (primary N) is 2. The number of nitrogens with zero attached hydrogens (tertiary/aromatic N) is 2. The van der Waals surface area contributed by atoms with E-state index in [2.05, 4.69) is 26.2 Å². The Kier molecular flexibility index (Phi) is 10.9. The highest BCUT2D eigenvalue weighted by Crippen LogP contribution is 2.11. The number of aromatic nitrogens is 1. The van der Waals surface area contributed by atoms with E-state index in [-0.39, 0.29) is 11.5 Å². The average Bonchev–Trinajstić information content (AvgIpc) is 2.69. The normalized spacial score (nSPS) is 10.9. The van der Waals surface area contributed by atoms with Crippen LogP contribution in [0.15, 0.2) is 56.9 Å². The molecule has 0 spiro atoms. The van der Waals surface area contributed by atoms with Crippen molar-refractivity contribution >= 4 is 34.3 Å². The molecule has 30 heavy (non-hydrogen) atoms. The summed E-state index contributed by atoms with van der Waals surface area (Å²) in [7, 11) is 0. The Labute approximate surface area is 182 Å². The van der Waals surface area contributed by atoms with Crippen LogP contribution in [-0.2, 0) is 16.1 Å². The number of rotatable bonds is 9. The van der Waals surface area contributed by atoms with Gasteiger partial charge < -0.3 is 26.5 Å². The van der Waals surface area contributed by atoms with Crippen molar-refractivity contribution in [3.05, 3.63) is 68.5 Å². The molecule has 162 valence electrons. The molecule has 0 fully saturated rings. The van der Waals surface area contributed by atoms with Crippen molar-refractivity contribution < 1.29 is 14.7 Å². The summed E-state index contributed by atoms with van der Waals surface area (Å²) in [6.07, 6.45) is 2.97. The molecule has 0 aliphatic heterocycles. The second kappa shape index (κ2) is 13.2. The highest BCUT2D eigenvalue weighted by Gasteiger charge is 2.14. The lowest BCUT2D eigenvalue weighted by atomic mass is 10.1. The van der Waals surface area contributed by atoms with Gasteiger partial charge in [-0.05, 0) is 43.5 Å². The number of carbonyl (C=O) groups excluding carboxylic acids is 1. The Morgan fingerprint density at radius 3 is 2.53 bits per heavy atom. The second-order valence-electron chi connectivity index (χ2n) is 6.37. The summed E-state index contributed by atoms with van der Waals surface area (Å²) in [5.41, 5.74) is 12.1. The van der Waals surface area contributed by atoms with E-state index in [0.29, 0.717) is 32.3 Å². The zero-order valence-electron chi connectivity index (χ0n) is 16.6. The number of amides is 1. The molecule has 10 heteroatoms. The Morgan fingerprint density at radius 1 is 1.30 bits per heavy atom. The predicted molar refractivity (Wildman–Crippen MR) is 119 cm³/mol. The molecule has 9 nitrogen and oxygen atoms in total. The number of carbonyl (C=O) groups is 2. The second-order valence-corrected chi connectivity index (χ2v) is 7.29. The molecule has 0 aliphatic rings. The van der Waals surface area contributed by atoms with Crippen LogP contribution in [0.4, 0.5) is 0 Å². The number of hydrogen-bond acceptors (Lipinski definition) is 4. The number of benzene rings is 1. The first-order valence-electron chi connectivity index (χ1n) is 9.13. The summed E-state index contributed by atoms with van der Waals surface area (Å²) >= 11 is 3.39. The lowest BCUT2D eigenvalue weighted by Gasteiger charge is -2.09. The number of hydrogen-bond donors (Lipinski definition) is 4. The Hall–Kier alpha value is -3.14. The lowest BCUT2D eigenvalue weighted by Crippen LogP contribution is -2.35. The molecule has 2 rings (SSSR count). The van der Waals surface area contributed by atoms with Crippen LogP contribution in [0.1, 0.15) is 24.0 Å². The average molecular weight is 480 g/mol. The smallest absolute Gasteiger partial charge is 0.326 e. The maximum Gasteiger partial charge on any atom is 0.326 e. The third-order valence-electron chi connectivity index (χ3n) is 3.99. The number of pyridine rings is 1. The first-order chi connectivity index (χ1) is 14.2. The summed E-state index contributed by atoms with van der Waals surface area (Å²) in [6.45, 7) is 2.81. The standard InChI is InChI=1S/C13H12BrNO.C7H14N4O3/c1-10-3-2-8-15(13(10)16)9-11-4-6-12(14)7-5-11;8-7(9)10-3-1-2-5(6(13)14)11-4-12/h2-8H,9H2,1H3;4-5H,1-3H2,(H,11,12)(H,13,14)(H4,8,9,10). The van der Waals surface area contributed by atoms with Crippen LogP contribution in [-0.4, -0.2) is 40.6 Å². The van der Waals surface area contributed by atoms with Crippen molar-refractivity contribution in [1.29, 1.82) is 0 Å². The fraction of sp³-hybridized carbons (Fsp3) is 0.300. The van der Waals surface area contributed by atoms with Gasteiger partial charge in [0, 0.05) is 22.8 Å². The highest BCUT2D eigenvalue weighted by atomic mass is 79.9. The third kappa shape index (κ3) is 9.37. The number of guanidine groups is 1. The van der Waals surface area contributed by atoms with E-state index in [9.17, 15) is 14.4 Å². The fourth-order valence-electron chi connectivity index (χ4n) is 2.43. The number of nitrogens with one attached hydrogen (secondary N) is 1. The van der Waals surface area contributed by atoms with Crippen molar-refractivity contribution in [1.82, 2.24) is 9.88 Å². The van der Waals surface area contributed by atoms with E-state index in [0.717, 1.165) is 15.6 Å². The molecule has 1 aromatic carbocycles. The summed E-state index contributed by atoms with van der Waals surface area (Å²) in [6, 6.07) is 10.8. The highest BCUT2D eigenvalue weighted by molar-refractivity contribution is 9.10. The molecule has 0 saturated heterocycles. The van der Waals surface area contributed by atoms with Crippen LogP contribution in [0.5, 0.6) is 0 Å². The van der Waals surface area contributed by atoms with Crippen LogP contribution in [0.3, 0.4) is 0 Å². The maximum atomic E-state index is 11.8. The largest absolute Gasteiger partial charge is 0.480 e. The van der Waals surface area contributed by atoms with Gasteiger partial charge in [-0.3, -0.25) is 14.6 Å².